The van der Waals surface area contributed by atoms with Crippen molar-refractivity contribution in [2.45, 2.75) is 17.9 Å². The summed E-state index contributed by atoms with van der Waals surface area (Å²) in [6.07, 6.45) is 1.34. The summed E-state index contributed by atoms with van der Waals surface area (Å²) in [4.78, 5) is 3.81. The molecule has 1 aromatic heterocycles. The first-order valence-electron chi connectivity index (χ1n) is 6.06. The Labute approximate surface area is 128 Å². The van der Waals surface area contributed by atoms with Gasteiger partial charge in [0, 0.05) is 12.2 Å². The maximum Gasteiger partial charge on any atom is 0.241 e. The van der Waals surface area contributed by atoms with Crippen molar-refractivity contribution in [2.24, 2.45) is 0 Å². The quantitative estimate of drug-likeness (QED) is 0.877. The minimum absolute atomic E-state index is 0.0583. The van der Waals surface area contributed by atoms with E-state index in [1.165, 1.54) is 18.3 Å². The van der Waals surface area contributed by atoms with Gasteiger partial charge >= 0.3 is 0 Å². The average Bonchev–Trinajstić information content (AvgIpc) is 2.47. The van der Waals surface area contributed by atoms with E-state index in [9.17, 15) is 8.42 Å². The SMILES string of the molecule is CC(NS(=O)(=O)c1ccnc(Cl)c1)c1ccc(C#N)cc1. The molecule has 108 valence electrons. The topological polar surface area (TPSA) is 82.8 Å². The number of aromatic nitrogens is 1. The summed E-state index contributed by atoms with van der Waals surface area (Å²) < 4.78 is 27.0. The number of rotatable bonds is 4. The van der Waals surface area contributed by atoms with Crippen LogP contribution in [-0.4, -0.2) is 13.4 Å². The van der Waals surface area contributed by atoms with Crippen molar-refractivity contribution < 1.29 is 8.42 Å². The summed E-state index contributed by atoms with van der Waals surface area (Å²) in [7, 11) is -3.69. The van der Waals surface area contributed by atoms with E-state index in [-0.39, 0.29) is 10.0 Å². The molecule has 1 N–H and O–H groups in total. The van der Waals surface area contributed by atoms with E-state index in [2.05, 4.69) is 9.71 Å². The molecule has 2 rings (SSSR count). The van der Waals surface area contributed by atoms with Crippen molar-refractivity contribution in [3.05, 3.63) is 58.9 Å². The molecule has 21 heavy (non-hydrogen) atoms. The number of benzene rings is 1. The molecule has 0 fully saturated rings. The predicted octanol–water partition coefficient (Wildman–Crippen LogP) is 2.65. The Morgan fingerprint density at radius 3 is 2.52 bits per heavy atom. The Morgan fingerprint density at radius 1 is 1.29 bits per heavy atom. The number of hydrogen-bond donors (Lipinski definition) is 1. The minimum atomic E-state index is -3.69. The Hall–Kier alpha value is -1.94. The Bertz CT molecular complexity index is 783. The van der Waals surface area contributed by atoms with E-state index in [4.69, 9.17) is 16.9 Å². The summed E-state index contributed by atoms with van der Waals surface area (Å²) in [5.41, 5.74) is 1.28. The molecule has 7 heteroatoms. The molecular weight excluding hydrogens is 310 g/mol. The lowest BCUT2D eigenvalue weighted by atomic mass is 10.1. The molecule has 1 atom stereocenters. The van der Waals surface area contributed by atoms with Crippen LogP contribution in [0.5, 0.6) is 0 Å². The summed E-state index contributed by atoms with van der Waals surface area (Å²) in [5, 5.41) is 8.86. The van der Waals surface area contributed by atoms with Crippen molar-refractivity contribution in [1.29, 1.82) is 5.26 Å². The third kappa shape index (κ3) is 3.79. The molecule has 2 aromatic rings. The van der Waals surface area contributed by atoms with E-state index >= 15 is 0 Å². The molecule has 0 aliphatic carbocycles. The number of pyridine rings is 1. The van der Waals surface area contributed by atoms with Gasteiger partial charge in [-0.05, 0) is 36.8 Å². The van der Waals surface area contributed by atoms with Gasteiger partial charge in [-0.15, -0.1) is 0 Å². The molecule has 0 saturated heterocycles. The zero-order chi connectivity index (χ0) is 15.5. The van der Waals surface area contributed by atoms with Gasteiger partial charge in [0.1, 0.15) is 5.15 Å². The number of hydrogen-bond acceptors (Lipinski definition) is 4. The second kappa shape index (κ2) is 6.22. The van der Waals surface area contributed by atoms with E-state index in [0.29, 0.717) is 5.56 Å². The van der Waals surface area contributed by atoms with E-state index in [1.54, 1.807) is 31.2 Å². The maximum absolute atomic E-state index is 12.2. The number of nitriles is 1. The molecule has 0 amide bonds. The van der Waals surface area contributed by atoms with Crippen LogP contribution in [0.3, 0.4) is 0 Å². The number of halogens is 1. The average molecular weight is 322 g/mol. The highest BCUT2D eigenvalue weighted by Crippen LogP contribution is 2.18. The first-order chi connectivity index (χ1) is 9.92. The van der Waals surface area contributed by atoms with Crippen molar-refractivity contribution in [3.8, 4) is 6.07 Å². The van der Waals surface area contributed by atoms with Crippen LogP contribution in [0.15, 0.2) is 47.5 Å². The van der Waals surface area contributed by atoms with Crippen molar-refractivity contribution >= 4 is 21.6 Å². The summed E-state index contributed by atoms with van der Waals surface area (Å²) in [5.74, 6) is 0. The lowest BCUT2D eigenvalue weighted by Gasteiger charge is -2.14. The van der Waals surface area contributed by atoms with Crippen LogP contribution in [0.1, 0.15) is 24.1 Å². The van der Waals surface area contributed by atoms with Gasteiger partial charge in [0.2, 0.25) is 10.0 Å². The highest BCUT2D eigenvalue weighted by molar-refractivity contribution is 7.89. The van der Waals surface area contributed by atoms with Crippen molar-refractivity contribution in [1.82, 2.24) is 9.71 Å². The zero-order valence-electron chi connectivity index (χ0n) is 11.1. The highest BCUT2D eigenvalue weighted by Gasteiger charge is 2.18. The molecule has 0 saturated carbocycles. The van der Waals surface area contributed by atoms with Gasteiger partial charge in [0.05, 0.1) is 16.5 Å². The van der Waals surface area contributed by atoms with Crippen LogP contribution < -0.4 is 4.72 Å². The summed E-state index contributed by atoms with van der Waals surface area (Å²) >= 11 is 5.70. The molecule has 0 spiro atoms. The number of nitrogens with one attached hydrogen (secondary N) is 1. The summed E-state index contributed by atoms with van der Waals surface area (Å²) in [6.45, 7) is 1.72. The first-order valence-corrected chi connectivity index (χ1v) is 7.92. The second-order valence-electron chi connectivity index (χ2n) is 4.39. The Balaban J connectivity index is 2.21. The lowest BCUT2D eigenvalue weighted by Crippen LogP contribution is -2.26. The number of sulfonamides is 1. The fourth-order valence-corrected chi connectivity index (χ4v) is 3.25. The zero-order valence-corrected chi connectivity index (χ0v) is 12.7. The third-order valence-corrected chi connectivity index (χ3v) is 4.63. The molecule has 1 heterocycles. The predicted molar refractivity (Wildman–Crippen MR) is 79.1 cm³/mol. The normalized spacial score (nSPS) is 12.6. The lowest BCUT2D eigenvalue weighted by molar-refractivity contribution is 0.567. The van der Waals surface area contributed by atoms with Crippen LogP contribution in [0.4, 0.5) is 0 Å². The number of nitrogens with zero attached hydrogens (tertiary/aromatic N) is 2. The molecule has 0 radical (unpaired) electrons. The monoisotopic (exact) mass is 321 g/mol. The van der Waals surface area contributed by atoms with Gasteiger partial charge in [-0.1, -0.05) is 23.7 Å². The van der Waals surface area contributed by atoms with E-state index < -0.39 is 16.1 Å². The molecular formula is C14H12ClN3O2S. The van der Waals surface area contributed by atoms with Gasteiger partial charge < -0.3 is 0 Å². The van der Waals surface area contributed by atoms with Crippen LogP contribution in [0.25, 0.3) is 0 Å². The largest absolute Gasteiger partial charge is 0.244 e. The van der Waals surface area contributed by atoms with Gasteiger partial charge in [-0.2, -0.15) is 5.26 Å². The van der Waals surface area contributed by atoms with Crippen molar-refractivity contribution in [2.75, 3.05) is 0 Å². The van der Waals surface area contributed by atoms with E-state index in [1.807, 2.05) is 6.07 Å². The fraction of sp³-hybridized carbons (Fsp3) is 0.143. The maximum atomic E-state index is 12.2. The molecule has 0 aliphatic rings. The van der Waals surface area contributed by atoms with Crippen LogP contribution in [-0.2, 0) is 10.0 Å². The molecule has 0 bridgehead atoms. The third-order valence-electron chi connectivity index (χ3n) is 2.88. The van der Waals surface area contributed by atoms with Gasteiger partial charge in [-0.3, -0.25) is 0 Å². The second-order valence-corrected chi connectivity index (χ2v) is 6.49. The smallest absolute Gasteiger partial charge is 0.241 e. The summed E-state index contributed by atoms with van der Waals surface area (Å²) in [6, 6.07) is 11.0. The minimum Gasteiger partial charge on any atom is -0.244 e. The molecule has 0 aliphatic heterocycles. The van der Waals surface area contributed by atoms with Gasteiger partial charge in [-0.25, -0.2) is 18.1 Å². The Morgan fingerprint density at radius 2 is 1.95 bits per heavy atom. The standard InChI is InChI=1S/C14H12ClN3O2S/c1-10(12-4-2-11(9-16)3-5-12)18-21(19,20)13-6-7-17-14(15)8-13/h2-8,10,18H,1H3. The molecule has 1 unspecified atom stereocenters. The van der Waals surface area contributed by atoms with Gasteiger partial charge in [0.15, 0.2) is 0 Å². The first kappa shape index (κ1) is 15.4. The van der Waals surface area contributed by atoms with Gasteiger partial charge in [0.25, 0.3) is 0 Å². The highest BCUT2D eigenvalue weighted by atomic mass is 35.5. The molecule has 1 aromatic carbocycles. The van der Waals surface area contributed by atoms with Crippen LogP contribution in [0.2, 0.25) is 5.15 Å². The molecule has 5 nitrogen and oxygen atoms in total. The van der Waals surface area contributed by atoms with Crippen molar-refractivity contribution in [3.63, 3.8) is 0 Å². The van der Waals surface area contributed by atoms with Crippen LogP contribution in [0, 0.1) is 11.3 Å². The Kier molecular flexibility index (Phi) is 4.58. The fourth-order valence-electron chi connectivity index (χ4n) is 1.77. The van der Waals surface area contributed by atoms with Crippen LogP contribution >= 0.6 is 11.6 Å². The van der Waals surface area contributed by atoms with E-state index in [0.717, 1.165) is 5.56 Å².